The Hall–Kier alpha value is -2.56. The average Bonchev–Trinajstić information content (AvgIpc) is 3.15. The summed E-state index contributed by atoms with van der Waals surface area (Å²) in [5.74, 6) is -0.623. The van der Waals surface area contributed by atoms with E-state index in [0.29, 0.717) is 30.7 Å². The minimum absolute atomic E-state index is 0.0196. The van der Waals surface area contributed by atoms with Gasteiger partial charge < -0.3 is 9.30 Å². The third-order valence-electron chi connectivity index (χ3n) is 5.60. The van der Waals surface area contributed by atoms with Crippen molar-refractivity contribution in [1.29, 1.82) is 0 Å². The Labute approximate surface area is 189 Å². The van der Waals surface area contributed by atoms with Crippen molar-refractivity contribution in [3.8, 4) is 5.75 Å². The number of hydrogen-bond acceptors (Lipinski definition) is 5. The van der Waals surface area contributed by atoms with Crippen molar-refractivity contribution in [3.05, 3.63) is 53.1 Å². The van der Waals surface area contributed by atoms with Gasteiger partial charge in [0.2, 0.25) is 10.0 Å². The summed E-state index contributed by atoms with van der Waals surface area (Å²) >= 11 is 1.40. The van der Waals surface area contributed by atoms with E-state index in [4.69, 9.17) is 4.74 Å². The monoisotopic (exact) mass is 477 g/mol. The number of methoxy groups -OCH3 is 1. The molecule has 0 N–H and O–H groups in total. The molecule has 32 heavy (non-hydrogen) atoms. The molecule has 1 aromatic heterocycles. The van der Waals surface area contributed by atoms with Crippen molar-refractivity contribution in [2.75, 3.05) is 20.2 Å². The molecule has 1 unspecified atom stereocenters. The summed E-state index contributed by atoms with van der Waals surface area (Å²) in [6.45, 7) is 3.01. The number of thiazole rings is 1. The van der Waals surface area contributed by atoms with Crippen molar-refractivity contribution in [3.63, 3.8) is 0 Å². The number of hydrogen-bond donors (Lipinski definition) is 0. The molecule has 3 aromatic rings. The third kappa shape index (κ3) is 4.35. The summed E-state index contributed by atoms with van der Waals surface area (Å²) in [5, 5.41) is 0. The van der Waals surface area contributed by atoms with Crippen molar-refractivity contribution < 1.29 is 22.3 Å². The molecule has 0 bridgehead atoms. The smallest absolute Gasteiger partial charge is 0.252 e. The van der Waals surface area contributed by atoms with Gasteiger partial charge in [-0.2, -0.15) is 9.30 Å². The van der Waals surface area contributed by atoms with E-state index in [-0.39, 0.29) is 17.3 Å². The highest BCUT2D eigenvalue weighted by molar-refractivity contribution is 7.89. The summed E-state index contributed by atoms with van der Waals surface area (Å²) in [4.78, 5) is 18.0. The maximum absolute atomic E-state index is 13.2. The standard InChI is InChI=1S/C22H24FN3O4S2/c1-3-26-19-11-8-17(30-2)13-20(19)31-22(26)24-21(27)15-5-4-12-25(14-15)32(28,29)18-9-6-16(23)7-10-18/h6-11,13,15H,3-5,12,14H2,1-2H3. The molecule has 0 saturated carbocycles. The van der Waals surface area contributed by atoms with Crippen LogP contribution >= 0.6 is 11.3 Å². The van der Waals surface area contributed by atoms with Crippen LogP contribution in [0.3, 0.4) is 0 Å². The number of amides is 1. The van der Waals surface area contributed by atoms with Crippen LogP contribution in [-0.4, -0.2) is 43.4 Å². The summed E-state index contributed by atoms with van der Waals surface area (Å²) in [5.41, 5.74) is 0.967. The first-order chi connectivity index (χ1) is 15.3. The highest BCUT2D eigenvalue weighted by atomic mass is 32.2. The zero-order chi connectivity index (χ0) is 22.9. The quantitative estimate of drug-likeness (QED) is 0.564. The molecule has 1 aliphatic heterocycles. The molecule has 170 valence electrons. The predicted molar refractivity (Wildman–Crippen MR) is 120 cm³/mol. The van der Waals surface area contributed by atoms with Gasteiger partial charge in [0.05, 0.1) is 28.1 Å². The molecule has 0 spiro atoms. The van der Waals surface area contributed by atoms with Gasteiger partial charge in [0.15, 0.2) is 4.80 Å². The zero-order valence-corrected chi connectivity index (χ0v) is 19.5. The first kappa shape index (κ1) is 22.6. The van der Waals surface area contributed by atoms with Crippen LogP contribution in [0.2, 0.25) is 0 Å². The summed E-state index contributed by atoms with van der Waals surface area (Å²) in [6, 6.07) is 10.4. The van der Waals surface area contributed by atoms with Gasteiger partial charge in [-0.25, -0.2) is 12.8 Å². The summed E-state index contributed by atoms with van der Waals surface area (Å²) < 4.78 is 48.6. The number of ether oxygens (including phenoxy) is 1. The van der Waals surface area contributed by atoms with Gasteiger partial charge in [-0.1, -0.05) is 11.3 Å². The summed E-state index contributed by atoms with van der Waals surface area (Å²) in [6.07, 6.45) is 1.13. The fourth-order valence-corrected chi connectivity index (χ4v) is 6.53. The minimum atomic E-state index is -3.80. The lowest BCUT2D eigenvalue weighted by atomic mass is 9.99. The SMILES string of the molecule is CCn1c(=NC(=O)C2CCCN(S(=O)(=O)c3ccc(F)cc3)C2)sc2cc(OC)ccc21. The number of aryl methyl sites for hydroxylation is 1. The van der Waals surface area contributed by atoms with Gasteiger partial charge in [0, 0.05) is 19.6 Å². The first-order valence-electron chi connectivity index (χ1n) is 10.3. The fraction of sp³-hybridized carbons (Fsp3) is 0.364. The Morgan fingerprint density at radius 2 is 2.00 bits per heavy atom. The van der Waals surface area contributed by atoms with E-state index in [9.17, 15) is 17.6 Å². The van der Waals surface area contributed by atoms with E-state index >= 15 is 0 Å². The highest BCUT2D eigenvalue weighted by Crippen LogP contribution is 2.26. The van der Waals surface area contributed by atoms with Crippen molar-refractivity contribution in [2.45, 2.75) is 31.2 Å². The van der Waals surface area contributed by atoms with E-state index in [0.717, 1.165) is 28.1 Å². The van der Waals surface area contributed by atoms with Crippen LogP contribution in [0.1, 0.15) is 19.8 Å². The van der Waals surface area contributed by atoms with E-state index in [2.05, 4.69) is 4.99 Å². The van der Waals surface area contributed by atoms with Crippen molar-refractivity contribution >= 4 is 37.5 Å². The minimum Gasteiger partial charge on any atom is -0.497 e. The van der Waals surface area contributed by atoms with Gasteiger partial charge in [-0.3, -0.25) is 4.79 Å². The number of carbonyl (C=O) groups excluding carboxylic acids is 1. The molecule has 1 amide bonds. The molecular weight excluding hydrogens is 453 g/mol. The Bertz CT molecular complexity index is 1310. The van der Waals surface area contributed by atoms with E-state index < -0.39 is 21.8 Å². The molecular formula is C22H24FN3O4S2. The van der Waals surface area contributed by atoms with Crippen LogP contribution in [-0.2, 0) is 21.4 Å². The maximum atomic E-state index is 13.2. The number of nitrogens with zero attached hydrogens (tertiary/aromatic N) is 3. The van der Waals surface area contributed by atoms with Crippen molar-refractivity contribution in [2.24, 2.45) is 10.9 Å². The number of fused-ring (bicyclic) bond motifs is 1. The van der Waals surface area contributed by atoms with Gasteiger partial charge >= 0.3 is 0 Å². The molecule has 10 heteroatoms. The molecule has 1 atom stereocenters. The van der Waals surface area contributed by atoms with Crippen LogP contribution < -0.4 is 9.54 Å². The molecule has 7 nitrogen and oxygen atoms in total. The summed E-state index contributed by atoms with van der Waals surface area (Å²) in [7, 11) is -2.20. The van der Waals surface area contributed by atoms with E-state index in [1.54, 1.807) is 7.11 Å². The second-order valence-electron chi connectivity index (χ2n) is 7.57. The Balaban J connectivity index is 1.61. The lowest BCUT2D eigenvalue weighted by molar-refractivity contribution is -0.122. The maximum Gasteiger partial charge on any atom is 0.252 e. The average molecular weight is 478 g/mol. The lowest BCUT2D eigenvalue weighted by Gasteiger charge is -2.30. The molecule has 2 heterocycles. The van der Waals surface area contributed by atoms with Gasteiger partial charge in [-0.05, 0) is 62.2 Å². The first-order valence-corrected chi connectivity index (χ1v) is 12.6. The number of sulfonamides is 1. The number of piperidine rings is 1. The second kappa shape index (κ2) is 9.13. The second-order valence-corrected chi connectivity index (χ2v) is 10.5. The van der Waals surface area contributed by atoms with Crippen LogP contribution in [0.25, 0.3) is 10.2 Å². The normalized spacial score (nSPS) is 18.2. The molecule has 2 aromatic carbocycles. The van der Waals surface area contributed by atoms with Gasteiger partial charge in [0.1, 0.15) is 11.6 Å². The largest absolute Gasteiger partial charge is 0.497 e. The Morgan fingerprint density at radius 1 is 1.25 bits per heavy atom. The van der Waals surface area contributed by atoms with Crippen LogP contribution in [0.15, 0.2) is 52.4 Å². The van der Waals surface area contributed by atoms with Crippen LogP contribution in [0.5, 0.6) is 5.75 Å². The molecule has 1 aliphatic rings. The fourth-order valence-electron chi connectivity index (χ4n) is 3.87. The number of rotatable bonds is 5. The molecule has 0 radical (unpaired) electrons. The predicted octanol–water partition coefficient (Wildman–Crippen LogP) is 3.40. The van der Waals surface area contributed by atoms with E-state index in [1.807, 2.05) is 29.7 Å². The van der Waals surface area contributed by atoms with Crippen LogP contribution in [0, 0.1) is 11.7 Å². The van der Waals surface area contributed by atoms with Gasteiger partial charge in [0.25, 0.3) is 5.91 Å². The molecule has 4 rings (SSSR count). The zero-order valence-electron chi connectivity index (χ0n) is 17.8. The number of aromatic nitrogens is 1. The lowest BCUT2D eigenvalue weighted by Crippen LogP contribution is -2.42. The Morgan fingerprint density at radius 3 is 2.69 bits per heavy atom. The van der Waals surface area contributed by atoms with Crippen LogP contribution in [0.4, 0.5) is 4.39 Å². The number of carbonyl (C=O) groups is 1. The molecule has 0 aliphatic carbocycles. The molecule has 1 fully saturated rings. The number of benzene rings is 2. The van der Waals surface area contributed by atoms with E-state index in [1.165, 1.54) is 27.8 Å². The number of halogens is 1. The van der Waals surface area contributed by atoms with Crippen molar-refractivity contribution in [1.82, 2.24) is 8.87 Å². The molecule has 1 saturated heterocycles. The third-order valence-corrected chi connectivity index (χ3v) is 8.52. The van der Waals surface area contributed by atoms with Gasteiger partial charge in [-0.15, -0.1) is 0 Å². The topological polar surface area (TPSA) is 81.0 Å². The highest BCUT2D eigenvalue weighted by Gasteiger charge is 2.33. The Kier molecular flexibility index (Phi) is 6.45.